The molecule has 23 heavy (non-hydrogen) atoms. The van der Waals surface area contributed by atoms with Gasteiger partial charge in [0.25, 0.3) is 0 Å². The maximum atomic E-state index is 12.4. The van der Waals surface area contributed by atoms with E-state index in [1.165, 1.54) is 0 Å². The van der Waals surface area contributed by atoms with Gasteiger partial charge in [-0.1, -0.05) is 58.4 Å². The summed E-state index contributed by atoms with van der Waals surface area (Å²) < 4.78 is 0.923. The highest BCUT2D eigenvalue weighted by Crippen LogP contribution is 2.39. The summed E-state index contributed by atoms with van der Waals surface area (Å²) in [7, 11) is 0. The number of carboxylic acids is 1. The number of aliphatic carboxylic acids is 1. The third-order valence-corrected chi connectivity index (χ3v) is 4.68. The lowest BCUT2D eigenvalue weighted by Crippen LogP contribution is -2.30. The Morgan fingerprint density at radius 3 is 2.39 bits per heavy atom. The van der Waals surface area contributed by atoms with Crippen LogP contribution in [0, 0.1) is 5.92 Å². The van der Waals surface area contributed by atoms with Crippen LogP contribution < -0.4 is 0 Å². The van der Waals surface area contributed by atoms with Gasteiger partial charge in [-0.15, -0.1) is 0 Å². The molecule has 2 unspecified atom stereocenters. The lowest BCUT2D eigenvalue weighted by atomic mass is 9.93. The molecular formula is C18H16BrNO3. The van der Waals surface area contributed by atoms with Gasteiger partial charge in [0.05, 0.1) is 12.0 Å². The molecule has 1 N–H and O–H groups in total. The highest BCUT2D eigenvalue weighted by Gasteiger charge is 2.44. The number of carboxylic acid groups (broad SMARTS) is 1. The second kappa shape index (κ2) is 6.54. The minimum atomic E-state index is -0.929. The molecule has 4 nitrogen and oxygen atoms in total. The van der Waals surface area contributed by atoms with Crippen molar-refractivity contribution in [2.75, 3.05) is 0 Å². The molecule has 0 radical (unpaired) electrons. The number of benzene rings is 2. The number of likely N-dealkylation sites (tertiary alicyclic amines) is 1. The predicted octanol–water partition coefficient (Wildman–Crippen LogP) is 3.62. The SMILES string of the molecule is O=C(O)C1CC(=O)N(Cc2ccccc2)C1c1ccc(Br)cc1. The van der Waals surface area contributed by atoms with Crippen molar-refractivity contribution < 1.29 is 14.7 Å². The third kappa shape index (κ3) is 3.29. The van der Waals surface area contributed by atoms with Crippen LogP contribution in [0.5, 0.6) is 0 Å². The van der Waals surface area contributed by atoms with Crippen LogP contribution in [0.15, 0.2) is 59.1 Å². The van der Waals surface area contributed by atoms with E-state index in [0.717, 1.165) is 15.6 Å². The number of amides is 1. The Morgan fingerprint density at radius 1 is 1.13 bits per heavy atom. The first-order chi connectivity index (χ1) is 11.1. The first-order valence-corrected chi connectivity index (χ1v) is 8.17. The smallest absolute Gasteiger partial charge is 0.309 e. The van der Waals surface area contributed by atoms with Crippen LogP contribution >= 0.6 is 15.9 Å². The van der Waals surface area contributed by atoms with Crippen molar-refractivity contribution >= 4 is 27.8 Å². The molecular weight excluding hydrogens is 358 g/mol. The first-order valence-electron chi connectivity index (χ1n) is 7.38. The molecule has 0 aliphatic carbocycles. The average Bonchev–Trinajstić information content (AvgIpc) is 2.86. The predicted molar refractivity (Wildman–Crippen MR) is 89.6 cm³/mol. The van der Waals surface area contributed by atoms with Crippen molar-refractivity contribution in [3.8, 4) is 0 Å². The second-order valence-electron chi connectivity index (χ2n) is 5.65. The van der Waals surface area contributed by atoms with E-state index in [4.69, 9.17) is 0 Å². The van der Waals surface area contributed by atoms with Gasteiger partial charge in [0.15, 0.2) is 0 Å². The number of nitrogens with zero attached hydrogens (tertiary/aromatic N) is 1. The summed E-state index contributed by atoms with van der Waals surface area (Å²) in [5, 5.41) is 9.51. The maximum Gasteiger partial charge on any atom is 0.309 e. The zero-order valence-corrected chi connectivity index (χ0v) is 13.9. The van der Waals surface area contributed by atoms with Crippen molar-refractivity contribution in [3.63, 3.8) is 0 Å². The molecule has 1 heterocycles. The number of hydrogen-bond donors (Lipinski definition) is 1. The molecule has 2 aromatic rings. The molecule has 0 saturated carbocycles. The molecule has 0 bridgehead atoms. The van der Waals surface area contributed by atoms with Crippen LogP contribution in [0.2, 0.25) is 0 Å². The Hall–Kier alpha value is -2.14. The van der Waals surface area contributed by atoms with E-state index in [0.29, 0.717) is 6.54 Å². The van der Waals surface area contributed by atoms with Crippen LogP contribution in [-0.4, -0.2) is 21.9 Å². The van der Waals surface area contributed by atoms with Gasteiger partial charge < -0.3 is 10.0 Å². The van der Waals surface area contributed by atoms with E-state index in [1.807, 2.05) is 54.6 Å². The molecule has 1 amide bonds. The van der Waals surface area contributed by atoms with E-state index in [2.05, 4.69) is 15.9 Å². The molecule has 2 aromatic carbocycles. The van der Waals surface area contributed by atoms with E-state index < -0.39 is 17.9 Å². The summed E-state index contributed by atoms with van der Waals surface area (Å²) in [6, 6.07) is 16.7. The fourth-order valence-corrected chi connectivity index (χ4v) is 3.31. The fourth-order valence-electron chi connectivity index (χ4n) is 3.05. The van der Waals surface area contributed by atoms with Crippen LogP contribution in [0.3, 0.4) is 0 Å². The van der Waals surface area contributed by atoms with Crippen LogP contribution in [0.25, 0.3) is 0 Å². The Morgan fingerprint density at radius 2 is 1.78 bits per heavy atom. The molecule has 0 aromatic heterocycles. The van der Waals surface area contributed by atoms with E-state index >= 15 is 0 Å². The summed E-state index contributed by atoms with van der Waals surface area (Å²) in [5.74, 6) is -1.76. The minimum absolute atomic E-state index is 0.0445. The number of rotatable bonds is 4. The van der Waals surface area contributed by atoms with Gasteiger partial charge in [0.1, 0.15) is 0 Å². The van der Waals surface area contributed by atoms with Crippen molar-refractivity contribution in [2.45, 2.75) is 19.0 Å². The van der Waals surface area contributed by atoms with Crippen molar-refractivity contribution in [1.29, 1.82) is 0 Å². The maximum absolute atomic E-state index is 12.4. The summed E-state index contributed by atoms with van der Waals surface area (Å²) in [6.45, 7) is 0.421. The van der Waals surface area contributed by atoms with E-state index in [9.17, 15) is 14.7 Å². The minimum Gasteiger partial charge on any atom is -0.481 e. The largest absolute Gasteiger partial charge is 0.481 e. The molecule has 1 saturated heterocycles. The summed E-state index contributed by atoms with van der Waals surface area (Å²) in [4.78, 5) is 25.7. The van der Waals surface area contributed by atoms with Gasteiger partial charge in [-0.2, -0.15) is 0 Å². The first kappa shape index (κ1) is 15.7. The van der Waals surface area contributed by atoms with Crippen LogP contribution in [-0.2, 0) is 16.1 Å². The van der Waals surface area contributed by atoms with Crippen LogP contribution in [0.1, 0.15) is 23.6 Å². The monoisotopic (exact) mass is 373 g/mol. The molecule has 3 rings (SSSR count). The quantitative estimate of drug-likeness (QED) is 0.889. The lowest BCUT2D eigenvalue weighted by Gasteiger charge is -2.27. The van der Waals surface area contributed by atoms with Crippen molar-refractivity contribution in [2.24, 2.45) is 5.92 Å². The molecule has 1 aliphatic heterocycles. The second-order valence-corrected chi connectivity index (χ2v) is 6.57. The van der Waals surface area contributed by atoms with Crippen molar-refractivity contribution in [1.82, 2.24) is 4.90 Å². The summed E-state index contributed by atoms with van der Waals surface area (Å²) in [6.07, 6.45) is 0.0445. The van der Waals surface area contributed by atoms with Gasteiger partial charge in [0.2, 0.25) is 5.91 Å². The molecule has 1 fully saturated rings. The highest BCUT2D eigenvalue weighted by atomic mass is 79.9. The van der Waals surface area contributed by atoms with Gasteiger partial charge in [0, 0.05) is 17.4 Å². The van der Waals surface area contributed by atoms with Gasteiger partial charge in [-0.3, -0.25) is 9.59 Å². The number of carbonyl (C=O) groups excluding carboxylic acids is 1. The molecule has 5 heteroatoms. The fraction of sp³-hybridized carbons (Fsp3) is 0.222. The Balaban J connectivity index is 1.96. The zero-order chi connectivity index (χ0) is 16.4. The highest BCUT2D eigenvalue weighted by molar-refractivity contribution is 9.10. The standard InChI is InChI=1S/C18H16BrNO3/c19-14-8-6-13(7-9-14)17-15(18(22)23)10-16(21)20(17)11-12-4-2-1-3-5-12/h1-9,15,17H,10-11H2,(H,22,23). The van der Waals surface area contributed by atoms with Gasteiger partial charge in [-0.25, -0.2) is 0 Å². The Bertz CT molecular complexity index is 715. The Labute approximate surface area is 142 Å². The Kier molecular flexibility index (Phi) is 4.48. The van der Waals surface area contributed by atoms with Crippen molar-refractivity contribution in [3.05, 3.63) is 70.2 Å². The number of halogens is 1. The lowest BCUT2D eigenvalue weighted by molar-refractivity contribution is -0.142. The normalized spacial score (nSPS) is 20.7. The summed E-state index contributed by atoms with van der Waals surface area (Å²) in [5.41, 5.74) is 1.84. The molecule has 118 valence electrons. The average molecular weight is 374 g/mol. The van der Waals surface area contributed by atoms with Gasteiger partial charge >= 0.3 is 5.97 Å². The van der Waals surface area contributed by atoms with Crippen LogP contribution in [0.4, 0.5) is 0 Å². The van der Waals surface area contributed by atoms with E-state index in [-0.39, 0.29) is 12.3 Å². The zero-order valence-electron chi connectivity index (χ0n) is 12.4. The topological polar surface area (TPSA) is 57.6 Å². The third-order valence-electron chi connectivity index (χ3n) is 4.16. The summed E-state index contributed by atoms with van der Waals surface area (Å²) >= 11 is 3.38. The number of hydrogen-bond acceptors (Lipinski definition) is 2. The van der Waals surface area contributed by atoms with E-state index in [1.54, 1.807) is 4.90 Å². The van der Waals surface area contributed by atoms with Gasteiger partial charge in [-0.05, 0) is 23.3 Å². The number of carbonyl (C=O) groups is 2. The molecule has 2 atom stereocenters. The molecule has 0 spiro atoms. The molecule has 1 aliphatic rings.